The van der Waals surface area contributed by atoms with Crippen molar-refractivity contribution in [3.8, 4) is 0 Å². The molecule has 0 aliphatic heterocycles. The van der Waals surface area contributed by atoms with Gasteiger partial charge in [0.05, 0.1) is 19.0 Å². The monoisotopic (exact) mass is 212 g/mol. The van der Waals surface area contributed by atoms with E-state index in [0.717, 1.165) is 0 Å². The molecular formula is C11H16O4. The molecule has 0 spiro atoms. The fraction of sp³-hybridized carbons (Fsp3) is 0.636. The second kappa shape index (κ2) is 5.53. The zero-order valence-corrected chi connectivity index (χ0v) is 9.12. The molecule has 0 amide bonds. The lowest BCUT2D eigenvalue weighted by Gasteiger charge is -2.19. The third-order valence-corrected chi connectivity index (χ3v) is 2.23. The number of allylic oxidation sites excluding steroid dienone is 2. The van der Waals surface area contributed by atoms with Gasteiger partial charge in [0.15, 0.2) is 5.78 Å². The van der Waals surface area contributed by atoms with Crippen LogP contribution >= 0.6 is 0 Å². The normalized spacial score (nSPS) is 20.8. The van der Waals surface area contributed by atoms with Gasteiger partial charge in [-0.1, -0.05) is 0 Å². The lowest BCUT2D eigenvalue weighted by Crippen LogP contribution is -2.28. The Morgan fingerprint density at radius 3 is 2.73 bits per heavy atom. The van der Waals surface area contributed by atoms with E-state index in [-0.39, 0.29) is 5.78 Å². The van der Waals surface area contributed by atoms with Crippen LogP contribution in [-0.2, 0) is 19.1 Å². The largest absolute Gasteiger partial charge is 0.498 e. The van der Waals surface area contributed by atoms with Crippen molar-refractivity contribution in [1.29, 1.82) is 0 Å². The molecule has 1 aliphatic rings. The minimum Gasteiger partial charge on any atom is -0.498 e. The van der Waals surface area contributed by atoms with E-state index >= 15 is 0 Å². The van der Waals surface area contributed by atoms with Crippen LogP contribution in [0.1, 0.15) is 26.7 Å². The molecule has 0 radical (unpaired) electrons. The number of hydrogen-bond acceptors (Lipinski definition) is 4. The second-order valence-corrected chi connectivity index (χ2v) is 3.29. The molecule has 0 bridgehead atoms. The Bertz CT molecular complexity index is 280. The predicted octanol–water partition coefficient (Wildman–Crippen LogP) is 1.45. The van der Waals surface area contributed by atoms with Crippen LogP contribution in [0.3, 0.4) is 0 Å². The number of carbonyl (C=O) groups excluding carboxylic acids is 2. The average Bonchev–Trinajstić information content (AvgIpc) is 2.18. The van der Waals surface area contributed by atoms with Crippen molar-refractivity contribution >= 4 is 11.8 Å². The summed E-state index contributed by atoms with van der Waals surface area (Å²) in [5.74, 6) is -0.588. The van der Waals surface area contributed by atoms with Crippen molar-refractivity contribution in [1.82, 2.24) is 0 Å². The summed E-state index contributed by atoms with van der Waals surface area (Å²) in [6.07, 6.45) is 2.53. The van der Waals surface area contributed by atoms with Crippen molar-refractivity contribution in [3.63, 3.8) is 0 Å². The molecule has 84 valence electrons. The summed E-state index contributed by atoms with van der Waals surface area (Å²) >= 11 is 0. The van der Waals surface area contributed by atoms with Crippen LogP contribution in [0, 0.1) is 5.92 Å². The van der Waals surface area contributed by atoms with Crippen molar-refractivity contribution in [3.05, 3.63) is 11.8 Å². The van der Waals surface area contributed by atoms with E-state index in [4.69, 9.17) is 9.47 Å². The maximum atomic E-state index is 11.5. The molecule has 1 unspecified atom stereocenters. The summed E-state index contributed by atoms with van der Waals surface area (Å²) in [5.41, 5.74) is 0. The second-order valence-electron chi connectivity index (χ2n) is 3.29. The molecule has 1 atom stereocenters. The van der Waals surface area contributed by atoms with Gasteiger partial charge in [0.1, 0.15) is 5.92 Å². The van der Waals surface area contributed by atoms with Crippen LogP contribution in [0.4, 0.5) is 0 Å². The molecular weight excluding hydrogens is 196 g/mol. The summed E-state index contributed by atoms with van der Waals surface area (Å²) in [4.78, 5) is 22.9. The smallest absolute Gasteiger partial charge is 0.316 e. The highest BCUT2D eigenvalue weighted by atomic mass is 16.5. The van der Waals surface area contributed by atoms with Crippen LogP contribution in [0.5, 0.6) is 0 Å². The number of ether oxygens (including phenoxy) is 2. The molecule has 1 aliphatic carbocycles. The molecule has 0 saturated heterocycles. The third-order valence-electron chi connectivity index (χ3n) is 2.23. The number of esters is 1. The molecule has 0 heterocycles. The third kappa shape index (κ3) is 3.08. The summed E-state index contributed by atoms with van der Waals surface area (Å²) in [5, 5.41) is 0. The van der Waals surface area contributed by atoms with Gasteiger partial charge in [0, 0.05) is 12.5 Å². The van der Waals surface area contributed by atoms with Gasteiger partial charge >= 0.3 is 5.97 Å². The topological polar surface area (TPSA) is 52.6 Å². The fourth-order valence-corrected chi connectivity index (χ4v) is 1.54. The molecule has 15 heavy (non-hydrogen) atoms. The van der Waals surface area contributed by atoms with Gasteiger partial charge < -0.3 is 9.47 Å². The van der Waals surface area contributed by atoms with Crippen LogP contribution in [-0.4, -0.2) is 25.0 Å². The molecule has 0 N–H and O–H groups in total. The minimum atomic E-state index is -0.630. The van der Waals surface area contributed by atoms with E-state index < -0.39 is 11.9 Å². The summed E-state index contributed by atoms with van der Waals surface area (Å²) in [6, 6.07) is 0. The Hall–Kier alpha value is -1.32. The summed E-state index contributed by atoms with van der Waals surface area (Å²) in [7, 11) is 0. The van der Waals surface area contributed by atoms with Gasteiger partial charge in [-0.15, -0.1) is 0 Å². The fourth-order valence-electron chi connectivity index (χ4n) is 1.54. The van der Waals surface area contributed by atoms with Gasteiger partial charge in [-0.2, -0.15) is 0 Å². The first-order chi connectivity index (χ1) is 7.19. The number of hydrogen-bond donors (Lipinski definition) is 0. The van der Waals surface area contributed by atoms with Crippen LogP contribution in [0.25, 0.3) is 0 Å². The van der Waals surface area contributed by atoms with Gasteiger partial charge in [-0.3, -0.25) is 9.59 Å². The van der Waals surface area contributed by atoms with Crippen LogP contribution < -0.4 is 0 Å². The van der Waals surface area contributed by atoms with E-state index in [9.17, 15) is 9.59 Å². The van der Waals surface area contributed by atoms with Crippen molar-refractivity contribution < 1.29 is 19.1 Å². The number of carbonyl (C=O) groups is 2. The zero-order valence-electron chi connectivity index (χ0n) is 9.12. The van der Waals surface area contributed by atoms with Gasteiger partial charge in [0.25, 0.3) is 0 Å². The Kier molecular flexibility index (Phi) is 4.34. The standard InChI is InChI=1S/C11H16O4/c1-3-14-8-5-6-9(10(12)7-8)11(13)15-4-2/h7,9H,3-6H2,1-2H3. The van der Waals surface area contributed by atoms with Gasteiger partial charge in [0.2, 0.25) is 0 Å². The van der Waals surface area contributed by atoms with Gasteiger partial charge in [-0.25, -0.2) is 0 Å². The molecule has 1 rings (SSSR count). The van der Waals surface area contributed by atoms with Crippen molar-refractivity contribution in [2.75, 3.05) is 13.2 Å². The number of rotatable bonds is 4. The van der Waals surface area contributed by atoms with E-state index in [1.54, 1.807) is 6.92 Å². The first-order valence-corrected chi connectivity index (χ1v) is 5.22. The highest BCUT2D eigenvalue weighted by molar-refractivity contribution is 6.05. The van der Waals surface area contributed by atoms with Gasteiger partial charge in [-0.05, 0) is 20.3 Å². The molecule has 0 aromatic heterocycles. The Balaban J connectivity index is 2.60. The zero-order chi connectivity index (χ0) is 11.3. The minimum absolute atomic E-state index is 0.205. The van der Waals surface area contributed by atoms with E-state index in [1.165, 1.54) is 6.08 Å². The predicted molar refractivity (Wildman–Crippen MR) is 54.1 cm³/mol. The maximum absolute atomic E-state index is 11.5. The molecule has 4 nitrogen and oxygen atoms in total. The highest BCUT2D eigenvalue weighted by Crippen LogP contribution is 2.22. The molecule has 4 heteroatoms. The van der Waals surface area contributed by atoms with E-state index in [2.05, 4.69) is 0 Å². The average molecular weight is 212 g/mol. The maximum Gasteiger partial charge on any atom is 0.316 e. The van der Waals surface area contributed by atoms with Crippen molar-refractivity contribution in [2.45, 2.75) is 26.7 Å². The van der Waals surface area contributed by atoms with E-state index in [1.807, 2.05) is 6.92 Å². The molecule has 0 aromatic rings. The Labute approximate surface area is 89.2 Å². The Morgan fingerprint density at radius 1 is 1.47 bits per heavy atom. The number of ketones is 1. The summed E-state index contributed by atoms with van der Waals surface area (Å²) < 4.78 is 10.0. The lowest BCUT2D eigenvalue weighted by atomic mass is 9.92. The Morgan fingerprint density at radius 2 is 2.20 bits per heavy atom. The SMILES string of the molecule is CCOC(=O)C1CCC(OCC)=CC1=O. The quantitative estimate of drug-likeness (QED) is 0.522. The first kappa shape index (κ1) is 11.8. The summed E-state index contributed by atoms with van der Waals surface area (Å²) in [6.45, 7) is 4.45. The first-order valence-electron chi connectivity index (χ1n) is 5.22. The van der Waals surface area contributed by atoms with Crippen LogP contribution in [0.15, 0.2) is 11.8 Å². The van der Waals surface area contributed by atoms with Crippen LogP contribution in [0.2, 0.25) is 0 Å². The molecule has 0 aromatic carbocycles. The lowest BCUT2D eigenvalue weighted by molar-refractivity contribution is -0.151. The molecule has 0 fully saturated rings. The highest BCUT2D eigenvalue weighted by Gasteiger charge is 2.30. The molecule has 0 saturated carbocycles. The van der Waals surface area contributed by atoms with Crippen molar-refractivity contribution in [2.24, 2.45) is 5.92 Å². The van der Waals surface area contributed by atoms with E-state index in [0.29, 0.717) is 31.8 Å².